The maximum Gasteiger partial charge on any atom is 0.326 e. The molecule has 3 aromatic carbocycles. The van der Waals surface area contributed by atoms with Crippen molar-refractivity contribution in [1.29, 1.82) is 0 Å². The Morgan fingerprint density at radius 2 is 1.51 bits per heavy atom. The SMILES string of the molecule is COc1cc2c(cc1OC)CN(CN1C(=O)N[C@](Cc3ccccc3)(c3ccccc3)C1=O)CC2. The lowest BCUT2D eigenvalue weighted by molar-refractivity contribution is -0.133. The fourth-order valence-corrected chi connectivity index (χ4v) is 5.06. The Bertz CT molecular complexity index is 1230. The van der Waals surface area contributed by atoms with Crippen LogP contribution in [-0.4, -0.2) is 49.2 Å². The second kappa shape index (κ2) is 9.43. The van der Waals surface area contributed by atoms with Crippen molar-refractivity contribution in [3.63, 3.8) is 0 Å². The van der Waals surface area contributed by atoms with Crippen molar-refractivity contribution in [3.8, 4) is 11.5 Å². The number of nitrogens with one attached hydrogen (secondary N) is 1. The quantitative estimate of drug-likeness (QED) is 0.532. The van der Waals surface area contributed by atoms with Crippen LogP contribution in [0.2, 0.25) is 0 Å². The van der Waals surface area contributed by atoms with Gasteiger partial charge in [0.1, 0.15) is 0 Å². The van der Waals surface area contributed by atoms with E-state index in [1.807, 2.05) is 72.8 Å². The Labute approximate surface area is 205 Å². The molecule has 0 saturated carbocycles. The molecule has 0 spiro atoms. The summed E-state index contributed by atoms with van der Waals surface area (Å²) in [5.74, 6) is 1.16. The molecule has 0 bridgehead atoms. The van der Waals surface area contributed by atoms with Crippen LogP contribution in [0.1, 0.15) is 22.3 Å². The molecule has 35 heavy (non-hydrogen) atoms. The van der Waals surface area contributed by atoms with Crippen molar-refractivity contribution in [2.45, 2.75) is 24.9 Å². The van der Waals surface area contributed by atoms with Gasteiger partial charge in [-0.15, -0.1) is 0 Å². The summed E-state index contributed by atoms with van der Waals surface area (Å²) in [5.41, 5.74) is 2.94. The van der Waals surface area contributed by atoms with Crippen molar-refractivity contribution in [1.82, 2.24) is 15.1 Å². The third kappa shape index (κ3) is 4.23. The second-order valence-electron chi connectivity index (χ2n) is 9.02. The summed E-state index contributed by atoms with van der Waals surface area (Å²) in [4.78, 5) is 30.6. The zero-order valence-corrected chi connectivity index (χ0v) is 20.0. The standard InChI is InChI=1S/C28H29N3O4/c1-34-24-15-21-13-14-30(18-22(21)16-25(24)35-2)19-31-26(32)28(29-27(31)33,23-11-7-4-8-12-23)17-20-9-5-3-6-10-20/h3-12,15-16H,13-14,17-19H2,1-2H3,(H,29,33)/t28-/m1/s1. The van der Waals surface area contributed by atoms with Crippen molar-refractivity contribution in [2.24, 2.45) is 0 Å². The summed E-state index contributed by atoms with van der Waals surface area (Å²) >= 11 is 0. The van der Waals surface area contributed by atoms with Gasteiger partial charge in [0.2, 0.25) is 0 Å². The first-order valence-corrected chi connectivity index (χ1v) is 11.7. The molecule has 0 unspecified atom stereocenters. The van der Waals surface area contributed by atoms with Crippen molar-refractivity contribution in [2.75, 3.05) is 27.4 Å². The van der Waals surface area contributed by atoms with E-state index in [0.717, 1.165) is 29.7 Å². The molecule has 1 N–H and O–H groups in total. The smallest absolute Gasteiger partial charge is 0.326 e. The monoisotopic (exact) mass is 471 g/mol. The highest BCUT2D eigenvalue weighted by molar-refractivity contribution is 6.07. The minimum atomic E-state index is -1.13. The molecule has 3 amide bonds. The topological polar surface area (TPSA) is 71.1 Å². The van der Waals surface area contributed by atoms with Crippen LogP contribution in [0.25, 0.3) is 0 Å². The first kappa shape index (κ1) is 22.9. The summed E-state index contributed by atoms with van der Waals surface area (Å²) < 4.78 is 10.9. The Hall–Kier alpha value is -3.84. The molecule has 2 aliphatic rings. The number of amides is 3. The lowest BCUT2D eigenvalue weighted by Gasteiger charge is -2.32. The highest BCUT2D eigenvalue weighted by Crippen LogP contribution is 2.35. The maximum absolute atomic E-state index is 13.9. The molecule has 1 saturated heterocycles. The van der Waals surface area contributed by atoms with Crippen LogP contribution in [-0.2, 0) is 29.7 Å². The highest BCUT2D eigenvalue weighted by Gasteiger charge is 2.52. The molecule has 1 fully saturated rings. The predicted molar refractivity (Wildman–Crippen MR) is 132 cm³/mol. The van der Waals surface area contributed by atoms with E-state index in [-0.39, 0.29) is 18.6 Å². The largest absolute Gasteiger partial charge is 0.493 e. The van der Waals surface area contributed by atoms with Gasteiger partial charge in [-0.3, -0.25) is 9.69 Å². The number of nitrogens with zero attached hydrogens (tertiary/aromatic N) is 2. The lowest BCUT2D eigenvalue weighted by atomic mass is 9.83. The van der Waals surface area contributed by atoms with Gasteiger partial charge in [-0.25, -0.2) is 9.69 Å². The van der Waals surface area contributed by atoms with Crippen molar-refractivity contribution < 1.29 is 19.1 Å². The van der Waals surface area contributed by atoms with Crippen LogP contribution >= 0.6 is 0 Å². The first-order valence-electron chi connectivity index (χ1n) is 11.7. The number of carbonyl (C=O) groups is 2. The summed E-state index contributed by atoms with van der Waals surface area (Å²) in [5, 5.41) is 3.05. The van der Waals surface area contributed by atoms with E-state index in [0.29, 0.717) is 24.5 Å². The fraction of sp³-hybridized carbons (Fsp3) is 0.286. The number of methoxy groups -OCH3 is 2. The molecule has 5 rings (SSSR count). The summed E-state index contributed by atoms with van der Waals surface area (Å²) in [6.45, 7) is 1.57. The Balaban J connectivity index is 1.41. The van der Waals surface area contributed by atoms with Gasteiger partial charge in [0, 0.05) is 19.5 Å². The molecule has 7 heteroatoms. The van der Waals surface area contributed by atoms with Crippen LogP contribution in [0.15, 0.2) is 72.8 Å². The number of hydrogen-bond acceptors (Lipinski definition) is 5. The average Bonchev–Trinajstić information content (AvgIpc) is 3.13. The van der Waals surface area contributed by atoms with Gasteiger partial charge in [-0.2, -0.15) is 0 Å². The molecule has 0 aromatic heterocycles. The Morgan fingerprint density at radius 3 is 2.17 bits per heavy atom. The molecular weight excluding hydrogens is 442 g/mol. The molecule has 180 valence electrons. The summed E-state index contributed by atoms with van der Waals surface area (Å²) in [6.07, 6.45) is 1.19. The minimum absolute atomic E-state index is 0.224. The van der Waals surface area contributed by atoms with Gasteiger partial charge < -0.3 is 14.8 Å². The van der Waals surface area contributed by atoms with Crippen LogP contribution in [0, 0.1) is 0 Å². The number of imide groups is 1. The number of carbonyl (C=O) groups excluding carboxylic acids is 2. The first-order chi connectivity index (χ1) is 17.0. The molecule has 1 atom stereocenters. The number of ether oxygens (including phenoxy) is 2. The highest BCUT2D eigenvalue weighted by atomic mass is 16.5. The number of benzene rings is 3. The molecule has 3 aromatic rings. The predicted octanol–water partition coefficient (Wildman–Crippen LogP) is 3.71. The number of fused-ring (bicyclic) bond motifs is 1. The Morgan fingerprint density at radius 1 is 0.886 bits per heavy atom. The third-order valence-electron chi connectivity index (χ3n) is 6.89. The van der Waals surface area contributed by atoms with E-state index in [2.05, 4.69) is 10.2 Å². The van der Waals surface area contributed by atoms with Gasteiger partial charge in [-0.05, 0) is 40.8 Å². The Kier molecular flexibility index (Phi) is 6.17. The van der Waals surface area contributed by atoms with Crippen LogP contribution in [0.5, 0.6) is 11.5 Å². The van der Waals surface area contributed by atoms with Gasteiger partial charge >= 0.3 is 6.03 Å². The van der Waals surface area contributed by atoms with Crippen molar-refractivity contribution >= 4 is 11.9 Å². The van der Waals surface area contributed by atoms with Crippen LogP contribution in [0.3, 0.4) is 0 Å². The zero-order chi connectivity index (χ0) is 24.4. The third-order valence-corrected chi connectivity index (χ3v) is 6.89. The summed E-state index contributed by atoms with van der Waals surface area (Å²) in [6, 6.07) is 22.9. The lowest BCUT2D eigenvalue weighted by Crippen LogP contribution is -2.47. The zero-order valence-electron chi connectivity index (χ0n) is 20.0. The molecule has 7 nitrogen and oxygen atoms in total. The average molecular weight is 472 g/mol. The summed E-state index contributed by atoms with van der Waals surface area (Å²) in [7, 11) is 3.25. The van der Waals surface area contributed by atoms with E-state index in [1.165, 1.54) is 10.5 Å². The fourth-order valence-electron chi connectivity index (χ4n) is 5.06. The van der Waals surface area contributed by atoms with Gasteiger partial charge in [0.25, 0.3) is 5.91 Å². The van der Waals surface area contributed by atoms with E-state index in [4.69, 9.17) is 9.47 Å². The molecular formula is C28H29N3O4. The van der Waals surface area contributed by atoms with Gasteiger partial charge in [0.05, 0.1) is 20.9 Å². The van der Waals surface area contributed by atoms with E-state index in [1.54, 1.807) is 14.2 Å². The van der Waals surface area contributed by atoms with Crippen LogP contribution in [0.4, 0.5) is 4.79 Å². The number of rotatable bonds is 7. The molecule has 2 aliphatic heterocycles. The minimum Gasteiger partial charge on any atom is -0.493 e. The molecule has 2 heterocycles. The van der Waals surface area contributed by atoms with E-state index in [9.17, 15) is 9.59 Å². The number of hydrogen-bond donors (Lipinski definition) is 1. The van der Waals surface area contributed by atoms with Gasteiger partial charge in [0.15, 0.2) is 17.0 Å². The second-order valence-corrected chi connectivity index (χ2v) is 9.02. The normalized spacial score (nSPS) is 19.9. The number of urea groups is 1. The van der Waals surface area contributed by atoms with Crippen LogP contribution < -0.4 is 14.8 Å². The van der Waals surface area contributed by atoms with E-state index >= 15 is 0 Å². The van der Waals surface area contributed by atoms with Crippen molar-refractivity contribution in [3.05, 3.63) is 95.1 Å². The van der Waals surface area contributed by atoms with E-state index < -0.39 is 5.54 Å². The maximum atomic E-state index is 13.9. The molecule has 0 aliphatic carbocycles. The van der Waals surface area contributed by atoms with Gasteiger partial charge in [-0.1, -0.05) is 60.7 Å². The molecule has 0 radical (unpaired) electrons.